The van der Waals surface area contributed by atoms with E-state index in [2.05, 4.69) is 20.8 Å². The zero-order chi connectivity index (χ0) is 23.2. The fourth-order valence-electron chi connectivity index (χ4n) is 3.15. The Balaban J connectivity index is 1.53. The van der Waals surface area contributed by atoms with Crippen molar-refractivity contribution in [2.45, 2.75) is 12.5 Å². The van der Waals surface area contributed by atoms with Gasteiger partial charge in [-0.05, 0) is 23.8 Å². The average molecular weight is 497 g/mol. The van der Waals surface area contributed by atoms with E-state index in [-0.39, 0.29) is 12.0 Å². The van der Waals surface area contributed by atoms with Gasteiger partial charge in [0.1, 0.15) is 11.0 Å². The van der Waals surface area contributed by atoms with Crippen LogP contribution in [0.15, 0.2) is 78.9 Å². The standard InChI is InChI=1S/C24H18Cl2N4O2S/c25-18-12-17(13-19(26)14-18)21(31)27-20(11-15-7-3-1-4-8-15)22(32)28-24-30-29-23(33-24)16-9-5-2-6-10-16/h1-10,12-14,20H,11H2,(H,27,31)(H,28,30,32)/t20-/m0/s1. The highest BCUT2D eigenvalue weighted by Crippen LogP contribution is 2.26. The fraction of sp³-hybridized carbons (Fsp3) is 0.0833. The Labute approximate surface area is 204 Å². The van der Waals surface area contributed by atoms with Crippen LogP contribution in [0.5, 0.6) is 0 Å². The highest BCUT2D eigenvalue weighted by Gasteiger charge is 2.24. The van der Waals surface area contributed by atoms with Crippen LogP contribution in [0.1, 0.15) is 15.9 Å². The molecule has 0 aliphatic carbocycles. The first kappa shape index (κ1) is 22.9. The molecule has 166 valence electrons. The minimum absolute atomic E-state index is 0.264. The number of hydrogen-bond donors (Lipinski definition) is 2. The average Bonchev–Trinajstić information content (AvgIpc) is 3.27. The monoisotopic (exact) mass is 496 g/mol. The van der Waals surface area contributed by atoms with E-state index in [4.69, 9.17) is 23.2 Å². The van der Waals surface area contributed by atoms with E-state index in [9.17, 15) is 9.59 Å². The topological polar surface area (TPSA) is 84.0 Å². The summed E-state index contributed by atoms with van der Waals surface area (Å²) >= 11 is 13.3. The molecule has 1 atom stereocenters. The second kappa shape index (κ2) is 10.6. The number of halogens is 2. The maximum Gasteiger partial charge on any atom is 0.252 e. The lowest BCUT2D eigenvalue weighted by atomic mass is 10.0. The van der Waals surface area contributed by atoms with Gasteiger partial charge in [0.05, 0.1) is 0 Å². The molecule has 0 radical (unpaired) electrons. The molecule has 0 aliphatic heterocycles. The van der Waals surface area contributed by atoms with E-state index in [1.165, 1.54) is 29.5 Å². The van der Waals surface area contributed by atoms with Crippen molar-refractivity contribution in [2.75, 3.05) is 5.32 Å². The van der Waals surface area contributed by atoms with E-state index >= 15 is 0 Å². The van der Waals surface area contributed by atoms with Gasteiger partial charge in [-0.15, -0.1) is 10.2 Å². The van der Waals surface area contributed by atoms with Gasteiger partial charge >= 0.3 is 0 Å². The summed E-state index contributed by atoms with van der Waals surface area (Å²) in [6, 6.07) is 22.6. The van der Waals surface area contributed by atoms with Gasteiger partial charge in [0.15, 0.2) is 0 Å². The van der Waals surface area contributed by atoms with Crippen molar-refractivity contribution in [2.24, 2.45) is 0 Å². The van der Waals surface area contributed by atoms with Gasteiger partial charge in [0.2, 0.25) is 11.0 Å². The molecule has 2 N–H and O–H groups in total. The zero-order valence-electron chi connectivity index (χ0n) is 17.2. The number of nitrogens with zero attached hydrogens (tertiary/aromatic N) is 2. The Bertz CT molecular complexity index is 1250. The predicted octanol–water partition coefficient (Wildman–Crippen LogP) is 5.49. The number of aromatic nitrogens is 2. The van der Waals surface area contributed by atoms with Gasteiger partial charge in [-0.25, -0.2) is 0 Å². The smallest absolute Gasteiger partial charge is 0.252 e. The molecule has 9 heteroatoms. The molecule has 4 aromatic rings. The van der Waals surface area contributed by atoms with Gasteiger partial charge in [-0.2, -0.15) is 0 Å². The third-order valence-corrected chi connectivity index (χ3v) is 6.03. The van der Waals surface area contributed by atoms with Gasteiger partial charge in [0.25, 0.3) is 5.91 Å². The molecule has 0 spiro atoms. The summed E-state index contributed by atoms with van der Waals surface area (Å²) in [5.41, 5.74) is 2.06. The van der Waals surface area contributed by atoms with E-state index in [1.54, 1.807) is 0 Å². The second-order valence-electron chi connectivity index (χ2n) is 7.14. The first-order valence-corrected chi connectivity index (χ1v) is 11.6. The van der Waals surface area contributed by atoms with Crippen LogP contribution in [0.4, 0.5) is 5.13 Å². The van der Waals surface area contributed by atoms with Gasteiger partial charge < -0.3 is 5.32 Å². The van der Waals surface area contributed by atoms with Crippen molar-refractivity contribution in [3.8, 4) is 10.6 Å². The molecule has 2 amide bonds. The van der Waals surface area contributed by atoms with E-state index in [1.807, 2.05) is 60.7 Å². The van der Waals surface area contributed by atoms with Crippen LogP contribution < -0.4 is 10.6 Å². The highest BCUT2D eigenvalue weighted by molar-refractivity contribution is 7.18. The van der Waals surface area contributed by atoms with Crippen molar-refractivity contribution in [1.29, 1.82) is 0 Å². The molecule has 3 aromatic carbocycles. The molecule has 4 rings (SSSR count). The van der Waals surface area contributed by atoms with Crippen molar-refractivity contribution in [3.05, 3.63) is 100 Å². The van der Waals surface area contributed by atoms with Crippen LogP contribution in [0.3, 0.4) is 0 Å². The number of hydrogen-bond acceptors (Lipinski definition) is 5. The van der Waals surface area contributed by atoms with Crippen LogP contribution in [0.25, 0.3) is 10.6 Å². The van der Waals surface area contributed by atoms with Gasteiger partial charge in [0, 0.05) is 27.6 Å². The second-order valence-corrected chi connectivity index (χ2v) is 8.99. The molecule has 0 aliphatic rings. The minimum Gasteiger partial charge on any atom is -0.340 e. The molecule has 0 saturated heterocycles. The number of benzene rings is 3. The van der Waals surface area contributed by atoms with Crippen LogP contribution in [0.2, 0.25) is 10.0 Å². The normalized spacial score (nSPS) is 11.6. The molecule has 0 unspecified atom stereocenters. The molecule has 1 aromatic heterocycles. The Morgan fingerprint density at radius 1 is 0.879 bits per heavy atom. The summed E-state index contributed by atoms with van der Waals surface area (Å²) < 4.78 is 0. The number of nitrogens with one attached hydrogen (secondary N) is 2. The quantitative estimate of drug-likeness (QED) is 0.354. The minimum atomic E-state index is -0.860. The summed E-state index contributed by atoms with van der Waals surface area (Å²) in [7, 11) is 0. The van der Waals surface area contributed by atoms with Crippen molar-refractivity contribution >= 4 is 51.5 Å². The van der Waals surface area contributed by atoms with Crippen LogP contribution in [0, 0.1) is 0 Å². The van der Waals surface area contributed by atoms with Gasteiger partial charge in [-0.3, -0.25) is 14.9 Å². The first-order valence-electron chi connectivity index (χ1n) is 9.98. The van der Waals surface area contributed by atoms with Crippen molar-refractivity contribution < 1.29 is 9.59 Å². The number of carbonyl (C=O) groups excluding carboxylic acids is 2. The molecule has 1 heterocycles. The summed E-state index contributed by atoms with van der Waals surface area (Å²) in [6.45, 7) is 0. The highest BCUT2D eigenvalue weighted by atomic mass is 35.5. The lowest BCUT2D eigenvalue weighted by Gasteiger charge is -2.18. The van der Waals surface area contributed by atoms with E-state index in [0.29, 0.717) is 20.2 Å². The van der Waals surface area contributed by atoms with Crippen LogP contribution in [-0.4, -0.2) is 28.1 Å². The third kappa shape index (κ3) is 6.16. The molecule has 6 nitrogen and oxygen atoms in total. The number of anilines is 1. The van der Waals surface area contributed by atoms with Crippen LogP contribution in [-0.2, 0) is 11.2 Å². The van der Waals surface area contributed by atoms with Gasteiger partial charge in [-0.1, -0.05) is 95.2 Å². The Morgan fingerprint density at radius 3 is 2.18 bits per heavy atom. The SMILES string of the molecule is O=C(N[C@@H](Cc1ccccc1)C(=O)Nc1nnc(-c2ccccc2)s1)c1cc(Cl)cc(Cl)c1. The van der Waals surface area contributed by atoms with Crippen molar-refractivity contribution in [3.63, 3.8) is 0 Å². The first-order chi connectivity index (χ1) is 16.0. The maximum absolute atomic E-state index is 13.1. The molecular weight excluding hydrogens is 479 g/mol. The van der Waals surface area contributed by atoms with Crippen LogP contribution >= 0.6 is 34.5 Å². The Hall–Kier alpha value is -3.26. The van der Waals surface area contributed by atoms with E-state index < -0.39 is 17.9 Å². The fourth-order valence-corrected chi connectivity index (χ4v) is 4.43. The molecule has 0 bridgehead atoms. The lowest BCUT2D eigenvalue weighted by molar-refractivity contribution is -0.118. The number of amides is 2. The molecule has 33 heavy (non-hydrogen) atoms. The summed E-state index contributed by atoms with van der Waals surface area (Å²) in [6.07, 6.45) is 0.289. The van der Waals surface area contributed by atoms with Crippen molar-refractivity contribution in [1.82, 2.24) is 15.5 Å². The zero-order valence-corrected chi connectivity index (χ0v) is 19.5. The van der Waals surface area contributed by atoms with E-state index in [0.717, 1.165) is 11.1 Å². The molecular formula is C24H18Cl2N4O2S. The molecule has 0 saturated carbocycles. The maximum atomic E-state index is 13.1. The lowest BCUT2D eigenvalue weighted by Crippen LogP contribution is -2.45. The third-order valence-electron chi connectivity index (χ3n) is 4.71. The summed E-state index contributed by atoms with van der Waals surface area (Å²) in [5, 5.41) is 15.5. The molecule has 0 fully saturated rings. The summed E-state index contributed by atoms with van der Waals surface area (Å²) in [4.78, 5) is 26.0. The number of rotatable bonds is 7. The Morgan fingerprint density at radius 2 is 1.52 bits per heavy atom. The predicted molar refractivity (Wildman–Crippen MR) is 132 cm³/mol. The summed E-state index contributed by atoms with van der Waals surface area (Å²) in [5.74, 6) is -0.867. The Kier molecular flexibility index (Phi) is 7.34. The largest absolute Gasteiger partial charge is 0.340 e. The number of carbonyl (C=O) groups is 2.